The van der Waals surface area contributed by atoms with Crippen LogP contribution in [0.5, 0.6) is 0 Å². The molecule has 0 aromatic carbocycles. The van der Waals surface area contributed by atoms with Crippen molar-refractivity contribution in [2.45, 2.75) is 96.7 Å². The monoisotopic (exact) mass is 407 g/mol. The van der Waals surface area contributed by atoms with Crippen molar-refractivity contribution in [2.75, 3.05) is 32.8 Å². The van der Waals surface area contributed by atoms with E-state index in [-0.39, 0.29) is 13.2 Å². The number of carboxylic acid groups (broad SMARTS) is 1. The van der Waals surface area contributed by atoms with Crippen molar-refractivity contribution in [2.24, 2.45) is 0 Å². The Balaban J connectivity index is 0. The molecule has 0 heterocycles. The van der Waals surface area contributed by atoms with E-state index in [4.69, 9.17) is 30.3 Å². The van der Waals surface area contributed by atoms with Crippen LogP contribution in [0.1, 0.15) is 90.4 Å². The molecule has 0 aliphatic carbocycles. The minimum atomic E-state index is -1.27. The number of rotatable bonds is 19. The third-order valence-electron chi connectivity index (χ3n) is 4.52. The summed E-state index contributed by atoms with van der Waals surface area (Å²) in [5, 5.41) is 42.0. The zero-order valence-electron chi connectivity index (χ0n) is 17.9. The summed E-state index contributed by atoms with van der Waals surface area (Å²) in [6, 6.07) is 0. The predicted octanol–water partition coefficient (Wildman–Crippen LogP) is 2.75. The molecule has 0 atom stereocenters. The van der Waals surface area contributed by atoms with Crippen LogP contribution in [0.15, 0.2) is 0 Å². The first-order valence-corrected chi connectivity index (χ1v) is 11.0. The number of carbonyl (C=O) groups is 1. The van der Waals surface area contributed by atoms with Gasteiger partial charge in [0, 0.05) is 19.7 Å². The van der Waals surface area contributed by atoms with Crippen molar-refractivity contribution < 1.29 is 30.3 Å². The van der Waals surface area contributed by atoms with E-state index in [1.165, 1.54) is 70.6 Å². The number of nitrogens with zero attached hydrogens (tertiary/aromatic N) is 1. The maximum Gasteiger partial charge on any atom is 0.329 e. The third kappa shape index (κ3) is 27.5. The van der Waals surface area contributed by atoms with Crippen molar-refractivity contribution in [1.82, 2.24) is 4.90 Å². The van der Waals surface area contributed by atoms with Gasteiger partial charge in [0.05, 0.1) is 0 Å². The molecule has 5 N–H and O–H groups in total. The molecule has 0 aromatic rings. The second-order valence-electron chi connectivity index (χ2n) is 7.30. The molecule has 0 bridgehead atoms. The average molecular weight is 408 g/mol. The minimum absolute atomic E-state index is 0.163. The molecular weight excluding hydrogens is 362 g/mol. The fraction of sp³-hybridized carbons (Fsp3) is 0.952. The summed E-state index contributed by atoms with van der Waals surface area (Å²) in [4.78, 5) is 11.2. The lowest BCUT2D eigenvalue weighted by molar-refractivity contribution is -0.140. The molecule has 7 nitrogen and oxygen atoms in total. The first-order chi connectivity index (χ1) is 13.5. The molecule has 0 rings (SSSR count). The van der Waals surface area contributed by atoms with Crippen molar-refractivity contribution in [3.63, 3.8) is 0 Å². The number of hydrogen-bond donors (Lipinski definition) is 5. The molecule has 0 unspecified atom stereocenters. The normalized spacial score (nSPS) is 11.0. The fourth-order valence-electron chi connectivity index (χ4n) is 3.00. The van der Waals surface area contributed by atoms with E-state index in [2.05, 4.69) is 6.92 Å². The lowest BCUT2D eigenvalue weighted by Crippen LogP contribution is -2.34. The van der Waals surface area contributed by atoms with Crippen LogP contribution in [0.3, 0.4) is 0 Å². The van der Waals surface area contributed by atoms with Crippen LogP contribution in [0, 0.1) is 0 Å². The van der Waals surface area contributed by atoms with Crippen LogP contribution < -0.4 is 0 Å². The maximum atomic E-state index is 9.12. The quantitative estimate of drug-likeness (QED) is 0.165. The van der Waals surface area contributed by atoms with Crippen LogP contribution in [0.25, 0.3) is 0 Å². The third-order valence-corrected chi connectivity index (χ3v) is 4.52. The standard InChI is InChI=1S/C19H41NO3.C2H4O3/c1-2-3-4-5-6-7-8-9-10-11-12-13-15-20(16-14-17-21)18-19(22)23;3-1-2(4)5/h19,21-23H,2-18H2,1H3;3H,1H2,(H,4,5). The van der Waals surface area contributed by atoms with Gasteiger partial charge in [0.1, 0.15) is 6.61 Å². The predicted molar refractivity (Wildman–Crippen MR) is 112 cm³/mol. The molecule has 0 fully saturated rings. The van der Waals surface area contributed by atoms with Crippen molar-refractivity contribution in [3.05, 3.63) is 0 Å². The van der Waals surface area contributed by atoms with Crippen LogP contribution in [-0.4, -0.2) is 75.5 Å². The van der Waals surface area contributed by atoms with Crippen LogP contribution in [-0.2, 0) is 4.79 Å². The summed E-state index contributed by atoms with van der Waals surface area (Å²) >= 11 is 0. The van der Waals surface area contributed by atoms with E-state index in [0.29, 0.717) is 6.42 Å². The number of aliphatic carboxylic acids is 1. The van der Waals surface area contributed by atoms with Gasteiger partial charge in [-0.1, -0.05) is 77.6 Å². The van der Waals surface area contributed by atoms with Gasteiger partial charge in [-0.25, -0.2) is 4.79 Å². The van der Waals surface area contributed by atoms with Gasteiger partial charge in [0.2, 0.25) is 0 Å². The number of carboxylic acids is 1. The number of aliphatic hydroxyl groups excluding tert-OH is 3. The van der Waals surface area contributed by atoms with Gasteiger partial charge in [-0.05, 0) is 19.4 Å². The first kappa shape index (κ1) is 29.5. The molecule has 28 heavy (non-hydrogen) atoms. The Kier molecular flexibility index (Phi) is 25.6. The van der Waals surface area contributed by atoms with Gasteiger partial charge < -0.3 is 25.5 Å². The van der Waals surface area contributed by atoms with Gasteiger partial charge in [0.15, 0.2) is 6.29 Å². The summed E-state index contributed by atoms with van der Waals surface area (Å²) in [6.45, 7) is 3.58. The number of hydrogen-bond acceptors (Lipinski definition) is 6. The molecule has 7 heteroatoms. The van der Waals surface area contributed by atoms with Gasteiger partial charge in [-0.3, -0.25) is 4.90 Å². The highest BCUT2D eigenvalue weighted by atomic mass is 16.5. The number of unbranched alkanes of at least 4 members (excludes halogenated alkanes) is 11. The summed E-state index contributed by atoms with van der Waals surface area (Å²) in [7, 11) is 0. The van der Waals surface area contributed by atoms with Gasteiger partial charge in [-0.2, -0.15) is 0 Å². The van der Waals surface area contributed by atoms with Crippen molar-refractivity contribution >= 4 is 5.97 Å². The summed E-state index contributed by atoms with van der Waals surface area (Å²) in [6.07, 6.45) is 15.4. The molecule has 0 aromatic heterocycles. The average Bonchev–Trinajstić information content (AvgIpc) is 2.66. The maximum absolute atomic E-state index is 9.12. The second-order valence-corrected chi connectivity index (χ2v) is 7.30. The van der Waals surface area contributed by atoms with Gasteiger partial charge >= 0.3 is 5.97 Å². The molecule has 0 saturated carbocycles. The number of aliphatic hydroxyl groups is 4. The SMILES string of the molecule is CCCCCCCCCCCCCCN(CCCO)CC(O)O.O=C(O)CO. The highest BCUT2D eigenvalue weighted by Crippen LogP contribution is 2.12. The van der Waals surface area contributed by atoms with E-state index in [9.17, 15) is 0 Å². The molecule has 0 radical (unpaired) electrons. The van der Waals surface area contributed by atoms with E-state index in [1.807, 2.05) is 4.90 Å². The van der Waals surface area contributed by atoms with Crippen LogP contribution >= 0.6 is 0 Å². The minimum Gasteiger partial charge on any atom is -0.480 e. The molecule has 0 spiro atoms. The lowest BCUT2D eigenvalue weighted by Gasteiger charge is -2.22. The molecule has 0 aliphatic rings. The highest BCUT2D eigenvalue weighted by molar-refractivity contribution is 5.67. The lowest BCUT2D eigenvalue weighted by atomic mass is 10.1. The molecule has 170 valence electrons. The van der Waals surface area contributed by atoms with Crippen molar-refractivity contribution in [1.29, 1.82) is 0 Å². The van der Waals surface area contributed by atoms with Crippen LogP contribution in [0.2, 0.25) is 0 Å². The first-order valence-electron chi connectivity index (χ1n) is 11.0. The van der Waals surface area contributed by atoms with E-state index in [1.54, 1.807) is 0 Å². The second kappa shape index (κ2) is 24.3. The summed E-state index contributed by atoms with van der Waals surface area (Å²) in [5.41, 5.74) is 0. The molecule has 0 saturated heterocycles. The van der Waals surface area contributed by atoms with Crippen LogP contribution in [0.4, 0.5) is 0 Å². The molecular formula is C21H45NO6. The van der Waals surface area contributed by atoms with Gasteiger partial charge in [-0.15, -0.1) is 0 Å². The highest BCUT2D eigenvalue weighted by Gasteiger charge is 2.08. The fourth-order valence-corrected chi connectivity index (χ4v) is 3.00. The zero-order chi connectivity index (χ0) is 21.5. The smallest absolute Gasteiger partial charge is 0.329 e. The molecule has 0 amide bonds. The Morgan fingerprint density at radius 3 is 1.50 bits per heavy atom. The van der Waals surface area contributed by atoms with E-state index < -0.39 is 18.9 Å². The Bertz CT molecular complexity index is 315. The topological polar surface area (TPSA) is 121 Å². The van der Waals surface area contributed by atoms with E-state index >= 15 is 0 Å². The Labute approximate surface area is 171 Å². The largest absolute Gasteiger partial charge is 0.480 e. The van der Waals surface area contributed by atoms with Crippen molar-refractivity contribution in [3.8, 4) is 0 Å². The molecule has 0 aliphatic heterocycles. The summed E-state index contributed by atoms with van der Waals surface area (Å²) < 4.78 is 0. The summed E-state index contributed by atoms with van der Waals surface area (Å²) in [5.74, 6) is -1.19. The Morgan fingerprint density at radius 1 is 0.750 bits per heavy atom. The Hall–Kier alpha value is -0.730. The zero-order valence-corrected chi connectivity index (χ0v) is 17.9. The van der Waals surface area contributed by atoms with E-state index in [0.717, 1.165) is 19.5 Å². The Morgan fingerprint density at radius 2 is 1.14 bits per heavy atom. The van der Waals surface area contributed by atoms with Gasteiger partial charge in [0.25, 0.3) is 0 Å².